The van der Waals surface area contributed by atoms with Gasteiger partial charge in [0, 0.05) is 6.20 Å². The fourth-order valence-corrected chi connectivity index (χ4v) is 1.15. The van der Waals surface area contributed by atoms with Gasteiger partial charge in [-0.25, -0.2) is 5.84 Å². The van der Waals surface area contributed by atoms with E-state index in [1.807, 2.05) is 31.3 Å². The molecule has 1 aromatic carbocycles. The van der Waals surface area contributed by atoms with Crippen LogP contribution in [0, 0.1) is 0 Å². The van der Waals surface area contributed by atoms with Crippen LogP contribution in [0.1, 0.15) is 19.4 Å². The van der Waals surface area contributed by atoms with Crippen LogP contribution in [0.2, 0.25) is 0 Å². The van der Waals surface area contributed by atoms with Crippen LogP contribution >= 0.6 is 0 Å². The number of allylic oxidation sites excluding steroid dienone is 1. The molecule has 2 N–H and O–H groups in total. The quantitative estimate of drug-likeness (QED) is 0.566. The van der Waals surface area contributed by atoms with Crippen LogP contribution in [0.25, 0.3) is 0 Å². The van der Waals surface area contributed by atoms with Crippen molar-refractivity contribution in [3.05, 3.63) is 42.1 Å². The molecule has 0 radical (unpaired) electrons. The Morgan fingerprint density at radius 1 is 1.31 bits per heavy atom. The zero-order valence-corrected chi connectivity index (χ0v) is 8.20. The maximum absolute atomic E-state index is 5.74. The SMILES string of the molecule is C/C=C\N(N)c1ccc(CC)cc1. The minimum Gasteiger partial charge on any atom is -0.287 e. The van der Waals surface area contributed by atoms with E-state index in [1.54, 1.807) is 5.01 Å². The van der Waals surface area contributed by atoms with Gasteiger partial charge in [0.25, 0.3) is 0 Å². The van der Waals surface area contributed by atoms with Crippen molar-refractivity contribution >= 4 is 5.69 Å². The molecule has 1 aromatic rings. The van der Waals surface area contributed by atoms with Crippen molar-refractivity contribution in [1.29, 1.82) is 0 Å². The molecule has 2 heteroatoms. The van der Waals surface area contributed by atoms with Gasteiger partial charge in [-0.15, -0.1) is 0 Å². The molecule has 0 atom stereocenters. The molecular weight excluding hydrogens is 160 g/mol. The lowest BCUT2D eigenvalue weighted by Gasteiger charge is -2.13. The molecule has 0 saturated heterocycles. The molecule has 0 bridgehead atoms. The summed E-state index contributed by atoms with van der Waals surface area (Å²) in [6.07, 6.45) is 4.81. The van der Waals surface area contributed by atoms with Crippen molar-refractivity contribution in [3.8, 4) is 0 Å². The number of hydrazine groups is 1. The zero-order chi connectivity index (χ0) is 9.68. The third-order valence-corrected chi connectivity index (χ3v) is 1.95. The third-order valence-electron chi connectivity index (χ3n) is 1.95. The topological polar surface area (TPSA) is 29.3 Å². The molecule has 0 amide bonds. The van der Waals surface area contributed by atoms with Gasteiger partial charge in [-0.3, -0.25) is 5.01 Å². The van der Waals surface area contributed by atoms with E-state index >= 15 is 0 Å². The number of benzene rings is 1. The minimum atomic E-state index is 1.01. The highest BCUT2D eigenvalue weighted by atomic mass is 15.4. The third kappa shape index (κ3) is 2.60. The zero-order valence-electron chi connectivity index (χ0n) is 8.20. The Morgan fingerprint density at radius 2 is 1.92 bits per heavy atom. The van der Waals surface area contributed by atoms with Crippen molar-refractivity contribution in [1.82, 2.24) is 0 Å². The Balaban J connectivity index is 2.79. The largest absolute Gasteiger partial charge is 0.287 e. The smallest absolute Gasteiger partial charge is 0.0568 e. The highest BCUT2D eigenvalue weighted by Crippen LogP contribution is 2.12. The van der Waals surface area contributed by atoms with Gasteiger partial charge in [-0.1, -0.05) is 25.1 Å². The van der Waals surface area contributed by atoms with Gasteiger partial charge in [-0.2, -0.15) is 0 Å². The summed E-state index contributed by atoms with van der Waals surface area (Å²) in [6, 6.07) is 8.25. The predicted octanol–water partition coefficient (Wildman–Crippen LogP) is 2.46. The van der Waals surface area contributed by atoms with Crippen LogP contribution in [0.5, 0.6) is 0 Å². The molecule has 0 aliphatic carbocycles. The van der Waals surface area contributed by atoms with E-state index in [1.165, 1.54) is 5.56 Å². The van der Waals surface area contributed by atoms with Gasteiger partial charge in [0.15, 0.2) is 0 Å². The van der Waals surface area contributed by atoms with E-state index in [4.69, 9.17) is 5.84 Å². The summed E-state index contributed by atoms with van der Waals surface area (Å²) in [5.74, 6) is 5.74. The standard InChI is InChI=1S/C11H16N2/c1-3-9-13(12)11-7-5-10(4-2)6-8-11/h3,5-9H,4,12H2,1-2H3/b9-3-. The van der Waals surface area contributed by atoms with E-state index in [9.17, 15) is 0 Å². The molecule has 1 rings (SSSR count). The van der Waals surface area contributed by atoms with Crippen LogP contribution in [0.15, 0.2) is 36.5 Å². The number of rotatable bonds is 3. The van der Waals surface area contributed by atoms with Crippen LogP contribution < -0.4 is 10.9 Å². The molecule has 0 fully saturated rings. The first-order valence-electron chi connectivity index (χ1n) is 4.53. The summed E-state index contributed by atoms with van der Waals surface area (Å²) >= 11 is 0. The second-order valence-electron chi connectivity index (χ2n) is 2.91. The van der Waals surface area contributed by atoms with Gasteiger partial charge in [0.1, 0.15) is 0 Å². The van der Waals surface area contributed by atoms with Crippen LogP contribution in [0.3, 0.4) is 0 Å². The molecule has 0 aliphatic heterocycles. The molecule has 70 valence electrons. The second kappa shape index (κ2) is 4.67. The maximum atomic E-state index is 5.74. The van der Waals surface area contributed by atoms with Gasteiger partial charge < -0.3 is 0 Å². The summed E-state index contributed by atoms with van der Waals surface area (Å²) in [7, 11) is 0. The first kappa shape index (κ1) is 9.81. The molecule has 0 aromatic heterocycles. The molecular formula is C11H16N2. The Kier molecular flexibility index (Phi) is 3.53. The van der Waals surface area contributed by atoms with Gasteiger partial charge in [0.2, 0.25) is 0 Å². The minimum absolute atomic E-state index is 1.01. The average Bonchev–Trinajstić information content (AvgIpc) is 2.18. The molecule has 0 heterocycles. The van der Waals surface area contributed by atoms with E-state index in [0.29, 0.717) is 0 Å². The molecule has 0 saturated carbocycles. The van der Waals surface area contributed by atoms with Gasteiger partial charge in [-0.05, 0) is 31.0 Å². The van der Waals surface area contributed by atoms with Gasteiger partial charge >= 0.3 is 0 Å². The molecule has 13 heavy (non-hydrogen) atoms. The molecule has 2 nitrogen and oxygen atoms in total. The van der Waals surface area contributed by atoms with E-state index in [-0.39, 0.29) is 0 Å². The number of nitrogens with zero attached hydrogens (tertiary/aromatic N) is 1. The first-order chi connectivity index (χ1) is 6.27. The molecule has 0 aliphatic rings. The van der Waals surface area contributed by atoms with Gasteiger partial charge in [0.05, 0.1) is 5.69 Å². The predicted molar refractivity (Wildman–Crippen MR) is 57.3 cm³/mol. The Labute approximate surface area is 79.6 Å². The monoisotopic (exact) mass is 176 g/mol. The number of hydrogen-bond donors (Lipinski definition) is 1. The van der Waals surface area contributed by atoms with Crippen LogP contribution in [-0.2, 0) is 6.42 Å². The number of aryl methyl sites for hydroxylation is 1. The Bertz CT molecular complexity index is 275. The van der Waals surface area contributed by atoms with Crippen molar-refractivity contribution in [2.75, 3.05) is 5.01 Å². The van der Waals surface area contributed by atoms with Crippen molar-refractivity contribution < 1.29 is 0 Å². The fraction of sp³-hybridized carbons (Fsp3) is 0.273. The Morgan fingerprint density at radius 3 is 2.38 bits per heavy atom. The average molecular weight is 176 g/mol. The lowest BCUT2D eigenvalue weighted by Crippen LogP contribution is -2.23. The van der Waals surface area contributed by atoms with Crippen LogP contribution in [-0.4, -0.2) is 0 Å². The number of nitrogens with two attached hydrogens (primary N) is 1. The summed E-state index contributed by atoms with van der Waals surface area (Å²) in [5.41, 5.74) is 2.34. The first-order valence-corrected chi connectivity index (χ1v) is 4.53. The highest BCUT2D eigenvalue weighted by Gasteiger charge is 1.95. The highest BCUT2D eigenvalue weighted by molar-refractivity contribution is 5.48. The van der Waals surface area contributed by atoms with Crippen molar-refractivity contribution in [2.24, 2.45) is 5.84 Å². The normalized spacial score (nSPS) is 10.7. The molecule has 0 spiro atoms. The second-order valence-corrected chi connectivity index (χ2v) is 2.91. The van der Waals surface area contributed by atoms with E-state index in [0.717, 1.165) is 12.1 Å². The summed E-state index contributed by atoms with van der Waals surface area (Å²) in [4.78, 5) is 0. The molecule has 0 unspecified atom stereocenters. The van der Waals surface area contributed by atoms with E-state index in [2.05, 4.69) is 19.1 Å². The number of hydrogen-bond acceptors (Lipinski definition) is 2. The lowest BCUT2D eigenvalue weighted by atomic mass is 10.1. The lowest BCUT2D eigenvalue weighted by molar-refractivity contribution is 1.07. The fourth-order valence-electron chi connectivity index (χ4n) is 1.15. The number of anilines is 1. The summed E-state index contributed by atoms with van der Waals surface area (Å²) in [6.45, 7) is 4.08. The summed E-state index contributed by atoms with van der Waals surface area (Å²) < 4.78 is 0. The Hall–Kier alpha value is -1.28. The van der Waals surface area contributed by atoms with Crippen molar-refractivity contribution in [2.45, 2.75) is 20.3 Å². The van der Waals surface area contributed by atoms with Crippen molar-refractivity contribution in [3.63, 3.8) is 0 Å². The maximum Gasteiger partial charge on any atom is 0.0568 e. The van der Waals surface area contributed by atoms with Crippen LogP contribution in [0.4, 0.5) is 5.69 Å². The summed E-state index contributed by atoms with van der Waals surface area (Å²) in [5, 5.41) is 1.61. The van der Waals surface area contributed by atoms with E-state index < -0.39 is 0 Å².